The van der Waals surface area contributed by atoms with Gasteiger partial charge < -0.3 is 10.6 Å². The summed E-state index contributed by atoms with van der Waals surface area (Å²) in [5, 5.41) is 12.1. The zero-order chi connectivity index (χ0) is 26.2. The number of aromatic nitrogens is 4. The zero-order valence-electron chi connectivity index (χ0n) is 21.1. The van der Waals surface area contributed by atoms with Gasteiger partial charge in [0.2, 0.25) is 5.95 Å². The fraction of sp³-hybridized carbons (Fsp3) is 0.179. The molecule has 37 heavy (non-hydrogen) atoms. The third kappa shape index (κ3) is 5.03. The molecule has 0 fully saturated rings. The first-order valence-electron chi connectivity index (χ1n) is 11.9. The van der Waals surface area contributed by atoms with Crippen molar-refractivity contribution in [3.05, 3.63) is 89.7 Å². The molecule has 2 N–H and O–H groups in total. The number of hydrogen-bond acceptors (Lipinski definition) is 7. The maximum absolute atomic E-state index is 12.8. The molecule has 0 atom stereocenters. The minimum Gasteiger partial charge on any atom is -0.372 e. The molecule has 0 aliphatic rings. The van der Waals surface area contributed by atoms with Crippen LogP contribution in [0.25, 0.3) is 22.0 Å². The Morgan fingerprint density at radius 3 is 2.38 bits per heavy atom. The number of rotatable bonds is 7. The lowest BCUT2D eigenvalue weighted by atomic mass is 10.1. The monoisotopic (exact) mass is 512 g/mol. The van der Waals surface area contributed by atoms with Gasteiger partial charge in [0.25, 0.3) is 0 Å². The van der Waals surface area contributed by atoms with Crippen LogP contribution in [0.2, 0.25) is 0 Å². The molecule has 0 amide bonds. The molecule has 5 aromatic rings. The third-order valence-corrected chi connectivity index (χ3v) is 8.12. The van der Waals surface area contributed by atoms with Crippen molar-refractivity contribution < 1.29 is 8.42 Å². The van der Waals surface area contributed by atoms with Crippen molar-refractivity contribution in [3.63, 3.8) is 0 Å². The van der Waals surface area contributed by atoms with Crippen LogP contribution in [-0.2, 0) is 22.6 Å². The summed E-state index contributed by atoms with van der Waals surface area (Å²) in [6.07, 6.45) is 1.78. The maximum Gasteiger partial charge on any atom is 0.229 e. The number of benzene rings is 3. The minimum atomic E-state index is -3.42. The summed E-state index contributed by atoms with van der Waals surface area (Å²) in [6.45, 7) is 3.98. The molecule has 188 valence electrons. The number of nitrogens with one attached hydrogen (secondary N) is 2. The molecule has 0 saturated heterocycles. The SMILES string of the molecule is CNc1nc(Nc2ccc(CS(=O)(=O)c3ccc(C)cc3)cc2)ncc1-c1ccc2c(C)n(C)nc2c1. The predicted octanol–water partition coefficient (Wildman–Crippen LogP) is 5.41. The summed E-state index contributed by atoms with van der Waals surface area (Å²) in [5.74, 6) is 1.05. The van der Waals surface area contributed by atoms with Gasteiger partial charge in [0.15, 0.2) is 9.84 Å². The molecule has 2 heterocycles. The van der Waals surface area contributed by atoms with E-state index in [9.17, 15) is 8.42 Å². The Labute approximate surface area is 216 Å². The average molecular weight is 513 g/mol. The lowest BCUT2D eigenvalue weighted by Gasteiger charge is -2.12. The lowest BCUT2D eigenvalue weighted by Crippen LogP contribution is -2.05. The van der Waals surface area contributed by atoms with E-state index >= 15 is 0 Å². The number of anilines is 3. The number of sulfone groups is 1. The van der Waals surface area contributed by atoms with Crippen molar-refractivity contribution in [1.82, 2.24) is 19.7 Å². The Morgan fingerprint density at radius 2 is 1.68 bits per heavy atom. The van der Waals surface area contributed by atoms with Crippen molar-refractivity contribution in [2.24, 2.45) is 7.05 Å². The molecule has 8 nitrogen and oxygen atoms in total. The van der Waals surface area contributed by atoms with Crippen LogP contribution in [0.15, 0.2) is 77.8 Å². The molecule has 9 heteroatoms. The fourth-order valence-corrected chi connectivity index (χ4v) is 5.55. The normalized spacial score (nSPS) is 11.6. The smallest absolute Gasteiger partial charge is 0.229 e. The van der Waals surface area contributed by atoms with Crippen LogP contribution in [0, 0.1) is 13.8 Å². The standard InChI is InChI=1S/C28H28N6O2S/c1-18-5-12-23(13-6-18)37(35,36)17-20-7-10-22(11-8-20)31-28-30-16-25(27(29-3)32-28)21-9-14-24-19(2)34(4)33-26(24)15-21/h5-16H,17H2,1-4H3,(H2,29,30,31,32). The van der Waals surface area contributed by atoms with E-state index in [0.717, 1.165) is 39.0 Å². The van der Waals surface area contributed by atoms with Crippen molar-refractivity contribution in [3.8, 4) is 11.1 Å². The zero-order valence-corrected chi connectivity index (χ0v) is 22.0. The molecule has 0 bridgehead atoms. The van der Waals surface area contributed by atoms with E-state index < -0.39 is 9.84 Å². The molecule has 0 spiro atoms. The summed E-state index contributed by atoms with van der Waals surface area (Å²) >= 11 is 0. The highest BCUT2D eigenvalue weighted by atomic mass is 32.2. The minimum absolute atomic E-state index is 0.0639. The summed E-state index contributed by atoms with van der Waals surface area (Å²) in [4.78, 5) is 9.47. The van der Waals surface area contributed by atoms with Gasteiger partial charge in [-0.2, -0.15) is 10.1 Å². The van der Waals surface area contributed by atoms with Crippen LogP contribution in [0.3, 0.4) is 0 Å². The van der Waals surface area contributed by atoms with Crippen molar-refractivity contribution in [1.29, 1.82) is 0 Å². The maximum atomic E-state index is 12.8. The first-order chi connectivity index (χ1) is 17.7. The summed E-state index contributed by atoms with van der Waals surface area (Å²) < 4.78 is 27.4. The van der Waals surface area contributed by atoms with Crippen LogP contribution in [0.1, 0.15) is 16.8 Å². The van der Waals surface area contributed by atoms with Gasteiger partial charge >= 0.3 is 0 Å². The van der Waals surface area contributed by atoms with Crippen molar-refractivity contribution in [2.45, 2.75) is 24.5 Å². The molecule has 0 aliphatic heterocycles. The summed E-state index contributed by atoms with van der Waals surface area (Å²) in [6, 6.07) is 20.3. The third-order valence-electron chi connectivity index (χ3n) is 6.41. The van der Waals surface area contributed by atoms with Gasteiger partial charge in [-0.25, -0.2) is 13.4 Å². The highest BCUT2D eigenvalue weighted by Crippen LogP contribution is 2.30. The molecule has 2 aromatic heterocycles. The van der Waals surface area contributed by atoms with Crippen LogP contribution in [-0.4, -0.2) is 35.2 Å². The Bertz CT molecular complexity index is 1690. The molecular weight excluding hydrogens is 484 g/mol. The van der Waals surface area contributed by atoms with E-state index in [1.165, 1.54) is 0 Å². The Morgan fingerprint density at radius 1 is 0.946 bits per heavy atom. The molecule has 0 saturated carbocycles. The Kier molecular flexibility index (Phi) is 6.39. The molecule has 0 radical (unpaired) electrons. The van der Waals surface area contributed by atoms with Crippen LogP contribution < -0.4 is 10.6 Å². The number of hydrogen-bond donors (Lipinski definition) is 2. The van der Waals surface area contributed by atoms with Gasteiger partial charge in [0.1, 0.15) is 5.82 Å². The fourth-order valence-electron chi connectivity index (χ4n) is 4.20. The second-order valence-corrected chi connectivity index (χ2v) is 11.0. The van der Waals surface area contributed by atoms with E-state index in [-0.39, 0.29) is 5.75 Å². The highest BCUT2D eigenvalue weighted by molar-refractivity contribution is 7.90. The van der Waals surface area contributed by atoms with Gasteiger partial charge in [-0.1, -0.05) is 42.0 Å². The first kappa shape index (κ1) is 24.5. The molecule has 0 unspecified atom stereocenters. The van der Waals surface area contributed by atoms with Crippen LogP contribution in [0.4, 0.5) is 17.5 Å². The molecule has 0 aliphatic carbocycles. The largest absolute Gasteiger partial charge is 0.372 e. The summed E-state index contributed by atoms with van der Waals surface area (Å²) in [7, 11) is 0.343. The summed E-state index contributed by atoms with van der Waals surface area (Å²) in [5.41, 5.74) is 6.37. The van der Waals surface area contributed by atoms with Gasteiger partial charge in [-0.3, -0.25) is 4.68 Å². The van der Waals surface area contributed by atoms with E-state index in [4.69, 9.17) is 0 Å². The topological polar surface area (TPSA) is 102 Å². The Hall–Kier alpha value is -4.24. The Balaban J connectivity index is 1.33. The van der Waals surface area contributed by atoms with Gasteiger partial charge in [-0.05, 0) is 55.3 Å². The van der Waals surface area contributed by atoms with E-state index in [1.54, 1.807) is 30.5 Å². The first-order valence-corrected chi connectivity index (χ1v) is 13.5. The average Bonchev–Trinajstić information content (AvgIpc) is 3.17. The van der Waals surface area contributed by atoms with Crippen LogP contribution >= 0.6 is 0 Å². The van der Waals surface area contributed by atoms with Gasteiger partial charge in [-0.15, -0.1) is 0 Å². The quantitative estimate of drug-likeness (QED) is 0.301. The van der Waals surface area contributed by atoms with Crippen molar-refractivity contribution in [2.75, 3.05) is 17.7 Å². The van der Waals surface area contributed by atoms with Gasteiger partial charge in [0, 0.05) is 42.6 Å². The van der Waals surface area contributed by atoms with E-state index in [2.05, 4.69) is 31.8 Å². The lowest BCUT2D eigenvalue weighted by molar-refractivity contribution is 0.595. The van der Waals surface area contributed by atoms with Crippen LogP contribution in [0.5, 0.6) is 0 Å². The molecule has 3 aromatic carbocycles. The second kappa shape index (κ2) is 9.67. The molecular formula is C28H28N6O2S. The number of aryl methyl sites for hydroxylation is 3. The second-order valence-electron chi connectivity index (χ2n) is 9.04. The highest BCUT2D eigenvalue weighted by Gasteiger charge is 2.16. The predicted molar refractivity (Wildman–Crippen MR) is 148 cm³/mol. The van der Waals surface area contributed by atoms with E-state index in [1.807, 2.05) is 69.0 Å². The number of fused-ring (bicyclic) bond motifs is 1. The van der Waals surface area contributed by atoms with Crippen molar-refractivity contribution >= 4 is 38.2 Å². The van der Waals surface area contributed by atoms with Gasteiger partial charge in [0.05, 0.1) is 16.2 Å². The van der Waals surface area contributed by atoms with E-state index in [0.29, 0.717) is 22.2 Å². The molecule has 5 rings (SSSR count). The number of nitrogens with zero attached hydrogens (tertiary/aromatic N) is 4.